The molecule has 2 heterocycles. The van der Waals surface area contributed by atoms with E-state index in [1.54, 1.807) is 72.8 Å². The molecule has 0 spiro atoms. The molecule has 0 radical (unpaired) electrons. The van der Waals surface area contributed by atoms with Gasteiger partial charge in [0.2, 0.25) is 11.2 Å². The Labute approximate surface area is 289 Å². The predicted octanol–water partition coefficient (Wildman–Crippen LogP) is 8.57. The van der Waals surface area contributed by atoms with Crippen molar-refractivity contribution in [2.45, 2.75) is 78.4 Å². The molecule has 4 fully saturated rings. The van der Waals surface area contributed by atoms with Gasteiger partial charge in [-0.25, -0.2) is 9.59 Å². The zero-order valence-corrected chi connectivity index (χ0v) is 28.8. The quantitative estimate of drug-likeness (QED) is 0.130. The topological polar surface area (TPSA) is 155 Å². The Balaban J connectivity index is 0.954. The molecule has 0 unspecified atom stereocenters. The van der Waals surface area contributed by atoms with E-state index in [0.29, 0.717) is 59.9 Å². The molecule has 12 heteroatoms. The fourth-order valence-electron chi connectivity index (χ4n) is 7.79. The summed E-state index contributed by atoms with van der Waals surface area (Å²) in [5.74, 6) is -1.24. The van der Waals surface area contributed by atoms with Gasteiger partial charge in [0.05, 0.1) is 33.6 Å². The molecule has 3 aromatic carbocycles. The van der Waals surface area contributed by atoms with Crippen LogP contribution in [-0.4, -0.2) is 35.1 Å². The smallest absolute Gasteiger partial charge is 0.356 e. The minimum absolute atomic E-state index is 0.314. The third-order valence-corrected chi connectivity index (χ3v) is 12.3. The average molecular weight is 679 g/mol. The molecule has 4 atom stereocenters. The van der Waals surface area contributed by atoms with Crippen LogP contribution < -0.4 is 9.47 Å². The number of azo groups is 2. The van der Waals surface area contributed by atoms with Crippen LogP contribution in [0.3, 0.4) is 0 Å². The molecule has 7 rings (SSSR count). The highest BCUT2D eigenvalue weighted by Gasteiger charge is 2.77. The molecule has 0 N–H and O–H groups in total. The maximum absolute atomic E-state index is 13.2. The van der Waals surface area contributed by atoms with Crippen molar-refractivity contribution >= 4 is 46.6 Å². The van der Waals surface area contributed by atoms with E-state index in [4.69, 9.17) is 18.9 Å². The highest BCUT2D eigenvalue weighted by Crippen LogP contribution is 2.67. The number of ether oxygens (including phenoxy) is 4. The average Bonchev–Trinajstić information content (AvgIpc) is 3.56. The first-order chi connectivity index (χ1) is 23.6. The van der Waals surface area contributed by atoms with E-state index < -0.39 is 44.8 Å². The standard InChI is InChI=1S/C38H38N4O8/c1-33(2)35(5)18-20-37(33,49-29(35)43)31(45)47-27-14-10-23(11-15-27)39-41-25-8-7-9-26(22-25)42-40-24-12-16-28(17-13-24)48-32(46)38-21-19-36(6,30(44)50-38)34(38,3)4/h7-17,22H,18-21H2,1-6H3/t35-,36-,37+,38+/m0/s1. The highest BCUT2D eigenvalue weighted by atomic mass is 16.6. The lowest BCUT2D eigenvalue weighted by atomic mass is 9.66. The number of hydrogen-bond acceptors (Lipinski definition) is 12. The van der Waals surface area contributed by atoms with Crippen molar-refractivity contribution in [2.24, 2.45) is 42.1 Å². The van der Waals surface area contributed by atoms with E-state index in [9.17, 15) is 19.2 Å². The molecule has 4 aliphatic rings. The first kappa shape index (κ1) is 33.2. The summed E-state index contributed by atoms with van der Waals surface area (Å²) in [6.07, 6.45) is 2.00. The van der Waals surface area contributed by atoms with Gasteiger partial charge in [0, 0.05) is 10.8 Å². The molecule has 0 amide bonds. The second kappa shape index (κ2) is 11.1. The van der Waals surface area contributed by atoms with Crippen molar-refractivity contribution in [3.63, 3.8) is 0 Å². The van der Waals surface area contributed by atoms with Gasteiger partial charge in [0.25, 0.3) is 0 Å². The van der Waals surface area contributed by atoms with Gasteiger partial charge < -0.3 is 18.9 Å². The van der Waals surface area contributed by atoms with Crippen LogP contribution in [0, 0.1) is 21.7 Å². The van der Waals surface area contributed by atoms with Crippen molar-refractivity contribution in [1.29, 1.82) is 0 Å². The van der Waals surface area contributed by atoms with E-state index in [0.717, 1.165) is 0 Å². The van der Waals surface area contributed by atoms with Gasteiger partial charge >= 0.3 is 23.9 Å². The Kier molecular flexibility index (Phi) is 7.40. The second-order valence-electron chi connectivity index (χ2n) is 15.0. The van der Waals surface area contributed by atoms with E-state index in [2.05, 4.69) is 20.5 Å². The van der Waals surface area contributed by atoms with Gasteiger partial charge in [-0.2, -0.15) is 20.5 Å². The number of benzene rings is 3. The van der Waals surface area contributed by atoms with E-state index >= 15 is 0 Å². The van der Waals surface area contributed by atoms with Gasteiger partial charge in [-0.3, -0.25) is 9.59 Å². The van der Waals surface area contributed by atoms with Gasteiger partial charge in [-0.05, 0) is 106 Å². The minimum atomic E-state index is -1.30. The normalized spacial score (nSPS) is 30.1. The molecule has 2 aliphatic carbocycles. The Morgan fingerprint density at radius 2 is 0.900 bits per heavy atom. The van der Waals surface area contributed by atoms with Gasteiger partial charge in [0.1, 0.15) is 11.5 Å². The molecule has 0 aromatic heterocycles. The van der Waals surface area contributed by atoms with E-state index in [1.807, 2.05) is 41.5 Å². The van der Waals surface area contributed by atoms with Crippen LogP contribution in [0.25, 0.3) is 0 Å². The molecule has 2 saturated heterocycles. The molecular formula is C38H38N4O8. The Hall–Kier alpha value is -5.26. The summed E-state index contributed by atoms with van der Waals surface area (Å²) in [5.41, 5.74) is -3.26. The fraction of sp³-hybridized carbons (Fsp3) is 0.421. The van der Waals surface area contributed by atoms with Crippen LogP contribution in [0.5, 0.6) is 11.5 Å². The number of nitrogens with zero attached hydrogens (tertiary/aromatic N) is 4. The third kappa shape index (κ3) is 4.64. The van der Waals surface area contributed by atoms with Gasteiger partial charge in [0.15, 0.2) is 0 Å². The van der Waals surface area contributed by atoms with Gasteiger partial charge in [-0.15, -0.1) is 0 Å². The lowest BCUT2D eigenvalue weighted by Gasteiger charge is -2.34. The molecule has 4 bridgehead atoms. The summed E-state index contributed by atoms with van der Waals surface area (Å²) in [5, 5.41) is 17.1. The van der Waals surface area contributed by atoms with Crippen LogP contribution in [0.1, 0.15) is 67.2 Å². The maximum atomic E-state index is 13.2. The number of rotatable bonds is 8. The summed E-state index contributed by atoms with van der Waals surface area (Å²) in [6.45, 7) is 11.2. The molecule has 258 valence electrons. The summed E-state index contributed by atoms with van der Waals surface area (Å²) >= 11 is 0. The molecule has 3 aromatic rings. The second-order valence-corrected chi connectivity index (χ2v) is 15.0. The SMILES string of the molecule is CC1(C)[C@@]2(C)CC[C@]1(C(=O)Oc1ccc(N=Nc3cccc(N=Nc4ccc(OC(=O)[C@@]56CC[C@@](C)(C(=O)O5)C6(C)C)cc4)c3)cc1)OC2=O. The van der Waals surface area contributed by atoms with E-state index in [-0.39, 0.29) is 11.9 Å². The lowest BCUT2D eigenvalue weighted by Crippen LogP contribution is -2.50. The number of hydrogen-bond donors (Lipinski definition) is 0. The lowest BCUT2D eigenvalue weighted by molar-refractivity contribution is -0.176. The summed E-state index contributed by atoms with van der Waals surface area (Å²) in [6, 6.07) is 20.2. The van der Waals surface area contributed by atoms with Crippen LogP contribution >= 0.6 is 0 Å². The van der Waals surface area contributed by atoms with Crippen LogP contribution in [-0.2, 0) is 28.7 Å². The Morgan fingerprint density at radius 1 is 0.540 bits per heavy atom. The minimum Gasteiger partial charge on any atom is -0.446 e. The number of fused-ring (bicyclic) bond motifs is 4. The fourth-order valence-corrected chi connectivity index (χ4v) is 7.79. The zero-order valence-electron chi connectivity index (χ0n) is 28.8. The summed E-state index contributed by atoms with van der Waals surface area (Å²) in [7, 11) is 0. The largest absolute Gasteiger partial charge is 0.446 e. The molecule has 2 saturated carbocycles. The molecule has 12 nitrogen and oxygen atoms in total. The maximum Gasteiger partial charge on any atom is 0.356 e. The predicted molar refractivity (Wildman–Crippen MR) is 179 cm³/mol. The van der Waals surface area contributed by atoms with Gasteiger partial charge in [-0.1, -0.05) is 33.8 Å². The third-order valence-electron chi connectivity index (χ3n) is 12.3. The summed E-state index contributed by atoms with van der Waals surface area (Å²) < 4.78 is 22.6. The van der Waals surface area contributed by atoms with Crippen LogP contribution in [0.15, 0.2) is 93.3 Å². The summed E-state index contributed by atoms with van der Waals surface area (Å²) in [4.78, 5) is 51.5. The number of esters is 4. The van der Waals surface area contributed by atoms with Crippen LogP contribution in [0.4, 0.5) is 22.7 Å². The zero-order chi connectivity index (χ0) is 35.7. The molecule has 50 heavy (non-hydrogen) atoms. The first-order valence-corrected chi connectivity index (χ1v) is 16.6. The Morgan fingerprint density at radius 3 is 1.22 bits per heavy atom. The van der Waals surface area contributed by atoms with Crippen molar-refractivity contribution in [2.75, 3.05) is 0 Å². The van der Waals surface area contributed by atoms with Crippen LogP contribution in [0.2, 0.25) is 0 Å². The number of carbonyl (C=O) groups excluding carboxylic acids is 4. The van der Waals surface area contributed by atoms with Crippen molar-refractivity contribution in [1.82, 2.24) is 0 Å². The number of carbonyl (C=O) groups is 4. The van der Waals surface area contributed by atoms with Crippen molar-refractivity contribution in [3.8, 4) is 11.5 Å². The van der Waals surface area contributed by atoms with Crippen molar-refractivity contribution in [3.05, 3.63) is 72.8 Å². The first-order valence-electron chi connectivity index (χ1n) is 16.6. The van der Waals surface area contributed by atoms with E-state index in [1.165, 1.54) is 0 Å². The molecular weight excluding hydrogens is 640 g/mol. The Bertz CT molecular complexity index is 1850. The molecule has 2 aliphatic heterocycles. The monoisotopic (exact) mass is 678 g/mol. The highest BCUT2D eigenvalue weighted by molar-refractivity contribution is 5.95. The van der Waals surface area contributed by atoms with Crippen molar-refractivity contribution < 1.29 is 38.1 Å².